The Bertz CT molecular complexity index is 735. The Morgan fingerprint density at radius 2 is 1.86 bits per heavy atom. The number of carbonyl (C=O) groups excluding carboxylic acids is 2. The van der Waals surface area contributed by atoms with E-state index in [-0.39, 0.29) is 34.3 Å². The van der Waals surface area contributed by atoms with Crippen LogP contribution in [0, 0.1) is 10.1 Å². The molecule has 0 aliphatic carbocycles. The Balaban J connectivity index is 1.89. The first-order valence-electron chi connectivity index (χ1n) is 9.18. The van der Waals surface area contributed by atoms with Gasteiger partial charge in [0.15, 0.2) is 0 Å². The molecular weight excluding hydrogens is 386 g/mol. The lowest BCUT2D eigenvalue weighted by atomic mass is 10.2. The van der Waals surface area contributed by atoms with Gasteiger partial charge >= 0.3 is 0 Å². The third-order valence-corrected chi connectivity index (χ3v) is 4.90. The molecule has 2 amide bonds. The maximum absolute atomic E-state index is 12.6. The predicted molar refractivity (Wildman–Crippen MR) is 107 cm³/mol. The van der Waals surface area contributed by atoms with Crippen LogP contribution in [0.3, 0.4) is 0 Å². The Hall–Kier alpha value is -2.23. The molecule has 28 heavy (non-hydrogen) atoms. The van der Waals surface area contributed by atoms with Crippen molar-refractivity contribution in [1.82, 2.24) is 15.1 Å². The monoisotopic (exact) mass is 411 g/mol. The van der Waals surface area contributed by atoms with Crippen molar-refractivity contribution in [2.75, 3.05) is 38.0 Å². The van der Waals surface area contributed by atoms with Gasteiger partial charge in [-0.15, -0.1) is 0 Å². The summed E-state index contributed by atoms with van der Waals surface area (Å²) in [6, 6.07) is 3.61. The molecule has 0 bridgehead atoms. The second-order valence-corrected chi connectivity index (χ2v) is 7.53. The normalized spacial score (nSPS) is 16.6. The number of halogens is 1. The molecule has 1 aliphatic heterocycles. The molecule has 154 valence electrons. The Morgan fingerprint density at radius 3 is 2.43 bits per heavy atom. The van der Waals surface area contributed by atoms with Crippen LogP contribution in [0.25, 0.3) is 0 Å². The highest BCUT2D eigenvalue weighted by atomic mass is 35.5. The van der Waals surface area contributed by atoms with E-state index in [1.54, 1.807) is 6.92 Å². The lowest BCUT2D eigenvalue weighted by Crippen LogP contribution is -2.54. The number of nitro benzene ring substituents is 1. The van der Waals surface area contributed by atoms with Gasteiger partial charge in [-0.25, -0.2) is 0 Å². The zero-order chi connectivity index (χ0) is 20.8. The van der Waals surface area contributed by atoms with Crippen molar-refractivity contribution in [3.05, 3.63) is 33.3 Å². The van der Waals surface area contributed by atoms with Crippen LogP contribution in [0.1, 0.15) is 20.8 Å². The number of carbonyl (C=O) groups is 2. The number of hydrogen-bond donors (Lipinski definition) is 2. The molecule has 1 aromatic rings. The number of anilines is 1. The second-order valence-electron chi connectivity index (χ2n) is 7.12. The van der Waals surface area contributed by atoms with Crippen molar-refractivity contribution in [2.24, 2.45) is 0 Å². The fourth-order valence-electron chi connectivity index (χ4n) is 3.01. The summed E-state index contributed by atoms with van der Waals surface area (Å²) in [7, 11) is 0. The zero-order valence-corrected chi connectivity index (χ0v) is 17.0. The van der Waals surface area contributed by atoms with E-state index in [0.29, 0.717) is 32.7 Å². The highest BCUT2D eigenvalue weighted by molar-refractivity contribution is 6.33. The molecular formula is C18H26ClN5O4. The molecule has 2 N–H and O–H groups in total. The van der Waals surface area contributed by atoms with Gasteiger partial charge in [-0.2, -0.15) is 0 Å². The van der Waals surface area contributed by atoms with Gasteiger partial charge < -0.3 is 10.6 Å². The molecule has 1 heterocycles. The van der Waals surface area contributed by atoms with Gasteiger partial charge in [0.1, 0.15) is 0 Å². The van der Waals surface area contributed by atoms with Gasteiger partial charge in [-0.3, -0.25) is 29.5 Å². The molecule has 10 heteroatoms. The molecule has 1 fully saturated rings. The maximum Gasteiger partial charge on any atom is 0.271 e. The van der Waals surface area contributed by atoms with Crippen LogP contribution in [0.5, 0.6) is 0 Å². The minimum absolute atomic E-state index is 0.00504. The summed E-state index contributed by atoms with van der Waals surface area (Å²) in [4.78, 5) is 38.9. The number of amides is 2. The van der Waals surface area contributed by atoms with E-state index in [2.05, 4.69) is 15.5 Å². The van der Waals surface area contributed by atoms with Crippen molar-refractivity contribution in [3.63, 3.8) is 0 Å². The quantitative estimate of drug-likeness (QED) is 0.522. The van der Waals surface area contributed by atoms with Crippen molar-refractivity contribution < 1.29 is 14.5 Å². The number of nitro groups is 1. The van der Waals surface area contributed by atoms with Gasteiger partial charge in [-0.1, -0.05) is 11.6 Å². The number of rotatable bonds is 7. The van der Waals surface area contributed by atoms with Gasteiger partial charge in [0.25, 0.3) is 5.69 Å². The molecule has 0 aromatic heterocycles. The smallest absolute Gasteiger partial charge is 0.271 e. The van der Waals surface area contributed by atoms with Crippen LogP contribution in [0.4, 0.5) is 11.4 Å². The summed E-state index contributed by atoms with van der Waals surface area (Å²) in [5, 5.41) is 16.7. The van der Waals surface area contributed by atoms with Crippen LogP contribution < -0.4 is 10.6 Å². The first kappa shape index (κ1) is 22.1. The van der Waals surface area contributed by atoms with Gasteiger partial charge in [0.05, 0.1) is 28.2 Å². The number of nitrogens with one attached hydrogen (secondary N) is 2. The van der Waals surface area contributed by atoms with Crippen molar-refractivity contribution in [2.45, 2.75) is 32.9 Å². The molecule has 1 saturated heterocycles. The molecule has 1 aromatic carbocycles. The van der Waals surface area contributed by atoms with Crippen molar-refractivity contribution >= 4 is 34.8 Å². The first-order chi connectivity index (χ1) is 13.2. The van der Waals surface area contributed by atoms with E-state index >= 15 is 0 Å². The van der Waals surface area contributed by atoms with Crippen molar-refractivity contribution in [1.29, 1.82) is 0 Å². The number of nitrogens with zero attached hydrogens (tertiary/aromatic N) is 3. The summed E-state index contributed by atoms with van der Waals surface area (Å²) in [5.74, 6) is -0.289. The number of hydrogen-bond acceptors (Lipinski definition) is 6. The van der Waals surface area contributed by atoms with E-state index < -0.39 is 11.0 Å². The number of non-ortho nitro benzene ring substituents is 1. The fourth-order valence-corrected chi connectivity index (χ4v) is 3.17. The van der Waals surface area contributed by atoms with Crippen molar-refractivity contribution in [3.8, 4) is 0 Å². The van der Waals surface area contributed by atoms with Crippen LogP contribution >= 0.6 is 11.6 Å². The molecule has 1 atom stereocenters. The minimum Gasteiger partial charge on any atom is -0.353 e. The largest absolute Gasteiger partial charge is 0.353 e. The zero-order valence-electron chi connectivity index (χ0n) is 16.3. The lowest BCUT2D eigenvalue weighted by molar-refractivity contribution is -0.384. The van der Waals surface area contributed by atoms with E-state index in [1.807, 2.05) is 18.7 Å². The van der Waals surface area contributed by atoms with Gasteiger partial charge in [0, 0.05) is 44.4 Å². The van der Waals surface area contributed by atoms with E-state index in [1.165, 1.54) is 18.2 Å². The predicted octanol–water partition coefficient (Wildman–Crippen LogP) is 1.72. The van der Waals surface area contributed by atoms with E-state index in [4.69, 9.17) is 11.6 Å². The third kappa shape index (κ3) is 6.15. The molecule has 0 spiro atoms. The summed E-state index contributed by atoms with van der Waals surface area (Å²) in [6.07, 6.45) is 0. The molecule has 2 rings (SSSR count). The van der Waals surface area contributed by atoms with E-state index in [9.17, 15) is 19.7 Å². The van der Waals surface area contributed by atoms with Gasteiger partial charge in [0.2, 0.25) is 11.8 Å². The minimum atomic E-state index is -0.538. The van der Waals surface area contributed by atoms with Crippen LogP contribution in [0.2, 0.25) is 5.02 Å². The lowest BCUT2D eigenvalue weighted by Gasteiger charge is -2.37. The SMILES string of the molecule is CC(C)NC(=O)CN1CCN(C(C)C(=O)Nc2cc([N+](=O)[O-])ccc2Cl)CC1. The average molecular weight is 412 g/mol. The van der Waals surface area contributed by atoms with Crippen LogP contribution in [-0.2, 0) is 9.59 Å². The number of piperazine rings is 1. The molecule has 0 saturated carbocycles. The highest BCUT2D eigenvalue weighted by Gasteiger charge is 2.27. The first-order valence-corrected chi connectivity index (χ1v) is 9.55. The summed E-state index contributed by atoms with van der Waals surface area (Å²) in [5.41, 5.74) is 0.0809. The molecule has 9 nitrogen and oxygen atoms in total. The molecule has 1 unspecified atom stereocenters. The molecule has 1 aliphatic rings. The summed E-state index contributed by atoms with van der Waals surface area (Å²) in [6.45, 7) is 8.62. The van der Waals surface area contributed by atoms with Gasteiger partial charge in [-0.05, 0) is 26.8 Å². The van der Waals surface area contributed by atoms with Crippen LogP contribution in [-0.4, -0.2) is 71.3 Å². The Labute approximate surface area is 169 Å². The molecule has 0 radical (unpaired) electrons. The number of benzene rings is 1. The fraction of sp³-hybridized carbons (Fsp3) is 0.556. The highest BCUT2D eigenvalue weighted by Crippen LogP contribution is 2.27. The van der Waals surface area contributed by atoms with Crippen LogP contribution in [0.15, 0.2) is 18.2 Å². The topological polar surface area (TPSA) is 108 Å². The third-order valence-electron chi connectivity index (χ3n) is 4.57. The summed E-state index contributed by atoms with van der Waals surface area (Å²) >= 11 is 6.04. The standard InChI is InChI=1S/C18H26ClN5O4/c1-12(2)20-17(25)11-22-6-8-23(9-7-22)13(3)18(26)21-16-10-14(24(27)28)4-5-15(16)19/h4-5,10,12-13H,6-9,11H2,1-3H3,(H,20,25)(H,21,26). The summed E-state index contributed by atoms with van der Waals surface area (Å²) < 4.78 is 0. The maximum atomic E-state index is 12.6. The van der Waals surface area contributed by atoms with E-state index in [0.717, 1.165) is 0 Å². The Morgan fingerprint density at radius 1 is 1.21 bits per heavy atom. The Kier molecular flexibility index (Phi) is 7.73. The second kappa shape index (κ2) is 9.81. The average Bonchev–Trinajstić information content (AvgIpc) is 2.62.